The van der Waals surface area contributed by atoms with Gasteiger partial charge >= 0.3 is 0 Å². The Hall–Kier alpha value is -0.0400. The summed E-state index contributed by atoms with van der Waals surface area (Å²) < 4.78 is 36.7. The molecule has 0 spiro atoms. The second-order valence-corrected chi connectivity index (χ2v) is 3.69. The van der Waals surface area contributed by atoms with E-state index in [1.165, 1.54) is 0 Å². The number of rotatable bonds is 4. The summed E-state index contributed by atoms with van der Waals surface area (Å²) in [5.41, 5.74) is 0. The molecule has 0 saturated carbocycles. The molecule has 0 aliphatic carbocycles. The third-order valence-corrected chi connectivity index (χ3v) is 2.05. The highest BCUT2D eigenvalue weighted by atomic mass is 32.2. The van der Waals surface area contributed by atoms with Gasteiger partial charge in [0.1, 0.15) is 0 Å². The van der Waals surface area contributed by atoms with Gasteiger partial charge in [-0.1, -0.05) is 6.58 Å². The minimum atomic E-state index is -2.07. The molecule has 0 aromatic heterocycles. The van der Waals surface area contributed by atoms with Gasteiger partial charge in [0.2, 0.25) is 0 Å². The second-order valence-electron chi connectivity index (χ2n) is 1.56. The highest BCUT2D eigenvalue weighted by Gasteiger charge is 2.02. The smallest absolute Gasteiger partial charge is 0.181 e. The Balaban J connectivity index is 3.60. The molecule has 0 fully saturated rings. The monoisotopic (exact) mass is 184 g/mol. The van der Waals surface area contributed by atoms with Gasteiger partial charge in [0.05, 0.1) is 5.75 Å². The molecular weight excluding hydrogens is 176 g/mol. The zero-order valence-electron chi connectivity index (χ0n) is 5.15. The molecule has 0 aromatic carbocycles. The van der Waals surface area contributed by atoms with Crippen LogP contribution in [0.3, 0.4) is 0 Å². The van der Waals surface area contributed by atoms with Crippen molar-refractivity contribution in [1.82, 2.24) is 0 Å². The van der Waals surface area contributed by atoms with Gasteiger partial charge in [-0.15, -0.1) is 0 Å². The van der Waals surface area contributed by atoms with E-state index in [9.17, 15) is 8.42 Å². The van der Waals surface area contributed by atoms with E-state index in [-0.39, 0.29) is 17.1 Å². The maximum atomic E-state index is 10.1. The summed E-state index contributed by atoms with van der Waals surface area (Å²) in [7, 11) is 0. The molecule has 6 heteroatoms. The van der Waals surface area contributed by atoms with Crippen molar-refractivity contribution in [3.8, 4) is 0 Å². The Morgan fingerprint density at radius 2 is 1.90 bits per heavy atom. The van der Waals surface area contributed by atoms with Crippen molar-refractivity contribution in [2.75, 3.05) is 5.75 Å². The number of hydrogen-bond donors (Lipinski definition) is 2. The highest BCUT2D eigenvalue weighted by molar-refractivity contribution is 7.83. The van der Waals surface area contributed by atoms with Crippen LogP contribution in [0, 0.1) is 0 Å². The molecule has 2 atom stereocenters. The second kappa shape index (κ2) is 4.73. The minimum Gasteiger partial charge on any atom is -0.306 e. The third kappa shape index (κ3) is 4.80. The van der Waals surface area contributed by atoms with Crippen LogP contribution in [0.1, 0.15) is 6.42 Å². The zero-order valence-corrected chi connectivity index (χ0v) is 6.78. The topological polar surface area (TPSA) is 74.6 Å². The van der Waals surface area contributed by atoms with E-state index >= 15 is 0 Å². The van der Waals surface area contributed by atoms with Crippen LogP contribution >= 0.6 is 0 Å². The first-order valence-electron chi connectivity index (χ1n) is 2.40. The summed E-state index contributed by atoms with van der Waals surface area (Å²) in [5.74, 6) is -0.0366. The summed E-state index contributed by atoms with van der Waals surface area (Å²) in [4.78, 5) is 0.0717. The normalized spacial score (nSPS) is 16.2. The molecule has 2 N–H and O–H groups in total. The van der Waals surface area contributed by atoms with Crippen LogP contribution in [0.4, 0.5) is 0 Å². The van der Waals surface area contributed by atoms with Crippen LogP contribution < -0.4 is 0 Å². The van der Waals surface area contributed by atoms with E-state index in [0.29, 0.717) is 0 Å². The average molecular weight is 184 g/mol. The fourth-order valence-electron chi connectivity index (χ4n) is 0.288. The van der Waals surface area contributed by atoms with Crippen molar-refractivity contribution in [1.29, 1.82) is 0 Å². The molecule has 2 unspecified atom stereocenters. The SMILES string of the molecule is C=C(CCS(=O)O)S(=O)O. The van der Waals surface area contributed by atoms with E-state index in [1.54, 1.807) is 0 Å². The fraction of sp³-hybridized carbons (Fsp3) is 0.500. The van der Waals surface area contributed by atoms with Crippen LogP contribution in [-0.2, 0) is 22.2 Å². The van der Waals surface area contributed by atoms with E-state index in [4.69, 9.17) is 9.11 Å². The van der Waals surface area contributed by atoms with Crippen LogP contribution in [0.25, 0.3) is 0 Å². The lowest BCUT2D eigenvalue weighted by Gasteiger charge is -1.95. The van der Waals surface area contributed by atoms with Crippen molar-refractivity contribution in [2.24, 2.45) is 0 Å². The molecule has 0 rings (SSSR count). The van der Waals surface area contributed by atoms with Crippen molar-refractivity contribution in [3.63, 3.8) is 0 Å². The highest BCUT2D eigenvalue weighted by Crippen LogP contribution is 2.01. The summed E-state index contributed by atoms with van der Waals surface area (Å²) in [5, 5.41) is 0. The lowest BCUT2D eigenvalue weighted by atomic mass is 10.5. The first-order chi connectivity index (χ1) is 4.54. The predicted octanol–water partition coefficient (Wildman–Crippen LogP) is 0.334. The van der Waals surface area contributed by atoms with Gasteiger partial charge in [-0.2, -0.15) is 0 Å². The maximum absolute atomic E-state index is 10.1. The molecule has 0 aliphatic rings. The summed E-state index contributed by atoms with van der Waals surface area (Å²) in [6.07, 6.45) is 0.103. The van der Waals surface area contributed by atoms with E-state index in [0.717, 1.165) is 0 Å². The predicted molar refractivity (Wildman–Crippen MR) is 40.2 cm³/mol. The Bertz CT molecular complexity index is 176. The number of hydrogen-bond acceptors (Lipinski definition) is 2. The van der Waals surface area contributed by atoms with Gasteiger partial charge in [0, 0.05) is 4.91 Å². The molecule has 0 heterocycles. The van der Waals surface area contributed by atoms with Gasteiger partial charge in [0.15, 0.2) is 22.2 Å². The van der Waals surface area contributed by atoms with Crippen molar-refractivity contribution in [2.45, 2.75) is 6.42 Å². The Morgan fingerprint density at radius 3 is 2.20 bits per heavy atom. The van der Waals surface area contributed by atoms with Gasteiger partial charge in [0.25, 0.3) is 0 Å². The summed E-state index contributed by atoms with van der Waals surface area (Å²) in [6.45, 7) is 3.23. The summed E-state index contributed by atoms with van der Waals surface area (Å²) >= 11 is -3.98. The van der Waals surface area contributed by atoms with Crippen LogP contribution in [0.2, 0.25) is 0 Å². The van der Waals surface area contributed by atoms with Gasteiger partial charge < -0.3 is 9.11 Å². The van der Waals surface area contributed by atoms with Crippen LogP contribution in [0.5, 0.6) is 0 Å². The van der Waals surface area contributed by atoms with Gasteiger partial charge in [-0.05, 0) is 6.42 Å². The average Bonchev–Trinajstić information content (AvgIpc) is 1.82. The first kappa shape index (κ1) is 9.96. The van der Waals surface area contributed by atoms with Gasteiger partial charge in [-0.3, -0.25) is 0 Å². The van der Waals surface area contributed by atoms with Crippen molar-refractivity contribution < 1.29 is 17.5 Å². The lowest BCUT2D eigenvalue weighted by molar-refractivity contribution is 0.562. The van der Waals surface area contributed by atoms with E-state index in [1.807, 2.05) is 0 Å². The largest absolute Gasteiger partial charge is 0.306 e. The standard InChI is InChI=1S/C4H8O4S2/c1-4(10(7)8)2-3-9(5)6/h1-3H2,(H,5,6)(H,7,8). The number of allylic oxidation sites excluding steroid dienone is 1. The van der Waals surface area contributed by atoms with Crippen molar-refractivity contribution in [3.05, 3.63) is 11.5 Å². The Kier molecular flexibility index (Phi) is 4.71. The fourth-order valence-corrected chi connectivity index (χ4v) is 1.12. The maximum Gasteiger partial charge on any atom is 0.181 e. The first-order valence-corrected chi connectivity index (χ1v) is 4.78. The summed E-state index contributed by atoms with van der Waals surface area (Å²) in [6, 6.07) is 0. The van der Waals surface area contributed by atoms with E-state index < -0.39 is 22.2 Å². The molecule has 0 amide bonds. The molecule has 0 saturated heterocycles. The molecule has 60 valence electrons. The van der Waals surface area contributed by atoms with E-state index in [2.05, 4.69) is 6.58 Å². The minimum absolute atomic E-state index is 0.0366. The lowest BCUT2D eigenvalue weighted by Crippen LogP contribution is -1.99. The quantitative estimate of drug-likeness (QED) is 0.617. The molecular formula is C4H8O4S2. The van der Waals surface area contributed by atoms with Gasteiger partial charge in [-0.25, -0.2) is 8.42 Å². The zero-order chi connectivity index (χ0) is 8.15. The molecule has 0 radical (unpaired) electrons. The van der Waals surface area contributed by atoms with Crippen LogP contribution in [0.15, 0.2) is 11.5 Å². The molecule has 0 bridgehead atoms. The molecule has 0 aliphatic heterocycles. The Morgan fingerprint density at radius 1 is 1.40 bits per heavy atom. The Labute approximate surface area is 63.9 Å². The molecule has 0 aromatic rings. The molecule has 4 nitrogen and oxygen atoms in total. The van der Waals surface area contributed by atoms with Crippen molar-refractivity contribution >= 4 is 22.2 Å². The third-order valence-electron chi connectivity index (χ3n) is 0.802. The molecule has 10 heavy (non-hydrogen) atoms. The van der Waals surface area contributed by atoms with Crippen LogP contribution in [-0.4, -0.2) is 23.3 Å².